The lowest BCUT2D eigenvalue weighted by molar-refractivity contribution is 0.726. The van der Waals surface area contributed by atoms with Crippen LogP contribution in [0.25, 0.3) is 11.2 Å². The normalized spacial score (nSPS) is 11.1. The molecule has 0 unspecified atom stereocenters. The minimum absolute atomic E-state index is 0.0400. The first-order chi connectivity index (χ1) is 10.8. The molecule has 0 aliphatic heterocycles. The molecule has 3 heterocycles. The molecule has 0 spiro atoms. The predicted octanol–water partition coefficient (Wildman–Crippen LogP) is 1.73. The molecule has 108 valence electrons. The lowest BCUT2D eigenvalue weighted by Crippen LogP contribution is -2.21. The Morgan fingerprint density at radius 2 is 1.82 bits per heavy atom. The zero-order valence-corrected chi connectivity index (χ0v) is 11.7. The second-order valence-electron chi connectivity index (χ2n) is 5.02. The molecule has 0 amide bonds. The number of benzene rings is 1. The van der Waals surface area contributed by atoms with Crippen LogP contribution in [-0.2, 0) is 6.54 Å². The second kappa shape index (κ2) is 5.00. The highest BCUT2D eigenvalue weighted by atomic mass is 16.1. The molecular formula is C16H13N5O. The van der Waals surface area contributed by atoms with E-state index in [1.54, 1.807) is 25.9 Å². The number of fused-ring (bicyclic) bond motifs is 1. The van der Waals surface area contributed by atoms with Crippen LogP contribution in [0.15, 0.2) is 72.0 Å². The molecule has 0 bridgehead atoms. The quantitative estimate of drug-likeness (QED) is 0.577. The van der Waals surface area contributed by atoms with Crippen LogP contribution in [0.1, 0.15) is 5.69 Å². The standard InChI is InChI=1S/C16H13N5O/c22-16-15-7-4-8-19(15)9-10-20(16)11-13-12-21(18-17-13)14-5-2-1-3-6-14/h1-10,12H,11H2. The summed E-state index contributed by atoms with van der Waals surface area (Å²) in [5, 5.41) is 8.25. The second-order valence-corrected chi connectivity index (χ2v) is 5.02. The van der Waals surface area contributed by atoms with Gasteiger partial charge in [-0.2, -0.15) is 0 Å². The number of hydrogen-bond acceptors (Lipinski definition) is 3. The SMILES string of the molecule is O=c1c2cccn2ccn1Cc1cn(-c2ccccc2)nn1. The van der Waals surface area contributed by atoms with Crippen LogP contribution < -0.4 is 5.56 Å². The molecule has 0 atom stereocenters. The summed E-state index contributed by atoms with van der Waals surface area (Å²) in [7, 11) is 0. The molecule has 3 aromatic heterocycles. The molecule has 0 aliphatic carbocycles. The fraction of sp³-hybridized carbons (Fsp3) is 0.0625. The van der Waals surface area contributed by atoms with Gasteiger partial charge in [-0.05, 0) is 24.3 Å². The minimum atomic E-state index is -0.0400. The summed E-state index contributed by atoms with van der Waals surface area (Å²) in [6.07, 6.45) is 7.31. The van der Waals surface area contributed by atoms with Gasteiger partial charge in [-0.15, -0.1) is 5.10 Å². The lowest BCUT2D eigenvalue weighted by Gasteiger charge is -2.03. The summed E-state index contributed by atoms with van der Waals surface area (Å²) in [6, 6.07) is 13.4. The van der Waals surface area contributed by atoms with Crippen LogP contribution in [0.4, 0.5) is 0 Å². The Balaban J connectivity index is 1.67. The van der Waals surface area contributed by atoms with Crippen LogP contribution in [0.2, 0.25) is 0 Å². The van der Waals surface area contributed by atoms with Crippen LogP contribution in [0, 0.1) is 0 Å². The van der Waals surface area contributed by atoms with Gasteiger partial charge >= 0.3 is 0 Å². The fourth-order valence-corrected chi connectivity index (χ4v) is 2.45. The van der Waals surface area contributed by atoms with Gasteiger partial charge in [0, 0.05) is 18.6 Å². The lowest BCUT2D eigenvalue weighted by atomic mass is 10.3. The maximum atomic E-state index is 12.4. The summed E-state index contributed by atoms with van der Waals surface area (Å²) >= 11 is 0. The molecular weight excluding hydrogens is 278 g/mol. The number of aromatic nitrogens is 5. The van der Waals surface area contributed by atoms with Crippen LogP contribution in [0.5, 0.6) is 0 Å². The van der Waals surface area contributed by atoms with E-state index in [2.05, 4.69) is 10.3 Å². The third-order valence-corrected chi connectivity index (χ3v) is 3.56. The van der Waals surface area contributed by atoms with E-state index in [4.69, 9.17) is 0 Å². The highest BCUT2D eigenvalue weighted by molar-refractivity contribution is 5.44. The van der Waals surface area contributed by atoms with E-state index in [1.165, 1.54) is 0 Å². The van der Waals surface area contributed by atoms with Gasteiger partial charge < -0.3 is 8.97 Å². The van der Waals surface area contributed by atoms with Gasteiger partial charge in [0.05, 0.1) is 18.4 Å². The summed E-state index contributed by atoms with van der Waals surface area (Å²) < 4.78 is 5.14. The van der Waals surface area contributed by atoms with Crippen molar-refractivity contribution in [3.63, 3.8) is 0 Å². The monoisotopic (exact) mass is 291 g/mol. The molecule has 22 heavy (non-hydrogen) atoms. The molecule has 1 aromatic carbocycles. The molecule has 0 fully saturated rings. The minimum Gasteiger partial charge on any atom is -0.318 e. The predicted molar refractivity (Wildman–Crippen MR) is 82.1 cm³/mol. The summed E-state index contributed by atoms with van der Waals surface area (Å²) in [6.45, 7) is 0.396. The average Bonchev–Trinajstić information content (AvgIpc) is 3.20. The maximum Gasteiger partial charge on any atom is 0.275 e. The van der Waals surface area contributed by atoms with E-state index in [-0.39, 0.29) is 5.56 Å². The van der Waals surface area contributed by atoms with Crippen molar-refractivity contribution in [1.82, 2.24) is 24.0 Å². The molecule has 0 N–H and O–H groups in total. The van der Waals surface area contributed by atoms with Crippen molar-refractivity contribution < 1.29 is 0 Å². The third-order valence-electron chi connectivity index (χ3n) is 3.56. The van der Waals surface area contributed by atoms with Gasteiger partial charge in [0.2, 0.25) is 0 Å². The van der Waals surface area contributed by atoms with Gasteiger partial charge in [-0.25, -0.2) is 4.68 Å². The average molecular weight is 291 g/mol. The van der Waals surface area contributed by atoms with Crippen molar-refractivity contribution >= 4 is 5.52 Å². The molecule has 6 nitrogen and oxygen atoms in total. The molecule has 0 saturated heterocycles. The van der Waals surface area contributed by atoms with Crippen molar-refractivity contribution in [3.8, 4) is 5.69 Å². The van der Waals surface area contributed by atoms with Gasteiger partial charge in [-0.1, -0.05) is 23.4 Å². The van der Waals surface area contributed by atoms with Gasteiger partial charge in [0.15, 0.2) is 0 Å². The van der Waals surface area contributed by atoms with Crippen molar-refractivity contribution in [2.24, 2.45) is 0 Å². The first-order valence-electron chi connectivity index (χ1n) is 6.94. The topological polar surface area (TPSA) is 57.1 Å². The van der Waals surface area contributed by atoms with Gasteiger partial charge in [0.1, 0.15) is 11.2 Å². The highest BCUT2D eigenvalue weighted by Crippen LogP contribution is 2.06. The Bertz CT molecular complexity index is 980. The van der Waals surface area contributed by atoms with Crippen LogP contribution >= 0.6 is 0 Å². The Morgan fingerprint density at radius 1 is 0.955 bits per heavy atom. The molecule has 6 heteroatoms. The van der Waals surface area contributed by atoms with Crippen molar-refractivity contribution in [3.05, 3.63) is 83.3 Å². The smallest absolute Gasteiger partial charge is 0.275 e. The van der Waals surface area contributed by atoms with E-state index in [1.807, 2.05) is 55.0 Å². The summed E-state index contributed by atoms with van der Waals surface area (Å²) in [5.41, 5.74) is 2.29. The summed E-state index contributed by atoms with van der Waals surface area (Å²) in [4.78, 5) is 12.4. The Morgan fingerprint density at radius 3 is 2.68 bits per heavy atom. The first kappa shape index (κ1) is 12.6. The Hall–Kier alpha value is -3.15. The van der Waals surface area contributed by atoms with E-state index in [9.17, 15) is 4.79 Å². The van der Waals surface area contributed by atoms with E-state index >= 15 is 0 Å². The van der Waals surface area contributed by atoms with Crippen molar-refractivity contribution in [2.45, 2.75) is 6.54 Å². The number of rotatable bonds is 3. The van der Waals surface area contributed by atoms with Crippen LogP contribution in [-0.4, -0.2) is 24.0 Å². The van der Waals surface area contributed by atoms with Gasteiger partial charge in [-0.3, -0.25) is 4.79 Å². The molecule has 0 saturated carbocycles. The number of para-hydroxylation sites is 1. The Labute approximate surface area is 125 Å². The van der Waals surface area contributed by atoms with Crippen molar-refractivity contribution in [1.29, 1.82) is 0 Å². The largest absolute Gasteiger partial charge is 0.318 e. The molecule has 0 radical (unpaired) electrons. The molecule has 4 rings (SSSR count). The van der Waals surface area contributed by atoms with Crippen LogP contribution in [0.3, 0.4) is 0 Å². The zero-order chi connectivity index (χ0) is 14.9. The fourth-order valence-electron chi connectivity index (χ4n) is 2.45. The van der Waals surface area contributed by atoms with E-state index in [0.29, 0.717) is 12.1 Å². The van der Waals surface area contributed by atoms with E-state index < -0.39 is 0 Å². The Kier molecular flexibility index (Phi) is 2.86. The first-order valence-corrected chi connectivity index (χ1v) is 6.94. The third kappa shape index (κ3) is 2.10. The van der Waals surface area contributed by atoms with Crippen molar-refractivity contribution in [2.75, 3.05) is 0 Å². The van der Waals surface area contributed by atoms with Gasteiger partial charge in [0.25, 0.3) is 5.56 Å². The van der Waals surface area contributed by atoms with E-state index in [0.717, 1.165) is 11.4 Å². The summed E-state index contributed by atoms with van der Waals surface area (Å²) in [5.74, 6) is 0. The molecule has 4 aromatic rings. The zero-order valence-electron chi connectivity index (χ0n) is 11.7. The number of nitrogens with zero attached hydrogens (tertiary/aromatic N) is 5. The number of hydrogen-bond donors (Lipinski definition) is 0. The molecule has 0 aliphatic rings. The maximum absolute atomic E-state index is 12.4. The highest BCUT2D eigenvalue weighted by Gasteiger charge is 2.06.